The van der Waals surface area contributed by atoms with Gasteiger partial charge in [-0.25, -0.2) is 22.2 Å². The number of aryl methyl sites for hydroxylation is 1. The number of sulfone groups is 1. The highest BCUT2D eigenvalue weighted by Crippen LogP contribution is 2.35. The first-order chi connectivity index (χ1) is 17.6. The van der Waals surface area contributed by atoms with Crippen LogP contribution < -0.4 is 0 Å². The van der Waals surface area contributed by atoms with Crippen LogP contribution in [0.4, 0.5) is 14.6 Å². The molecule has 0 aliphatic heterocycles. The number of hydrogen-bond acceptors (Lipinski definition) is 5. The lowest BCUT2D eigenvalue weighted by Gasteiger charge is -2.07. The summed E-state index contributed by atoms with van der Waals surface area (Å²) in [6.07, 6.45) is 1.46. The van der Waals surface area contributed by atoms with Crippen molar-refractivity contribution in [3.05, 3.63) is 118 Å². The molecule has 0 unspecified atom stereocenters. The highest BCUT2D eigenvalue weighted by atomic mass is 32.2. The molecule has 0 bridgehead atoms. The van der Waals surface area contributed by atoms with Crippen molar-refractivity contribution in [2.24, 2.45) is 0 Å². The zero-order chi connectivity index (χ0) is 26.3. The van der Waals surface area contributed by atoms with Crippen LogP contribution in [0.1, 0.15) is 11.3 Å². The Labute approximate surface area is 210 Å². The molecule has 0 atom stereocenters. The molecule has 37 heavy (non-hydrogen) atoms. The number of nitro groups is 1. The number of imidazole rings is 1. The number of rotatable bonds is 6. The van der Waals surface area contributed by atoms with Gasteiger partial charge in [0.25, 0.3) is 0 Å². The quantitative estimate of drug-likeness (QED) is 0.198. The fourth-order valence-corrected chi connectivity index (χ4v) is 5.39. The molecule has 0 radical (unpaired) electrons. The molecule has 0 amide bonds. The van der Waals surface area contributed by atoms with E-state index in [-0.39, 0.29) is 16.2 Å². The van der Waals surface area contributed by atoms with E-state index < -0.39 is 38.0 Å². The van der Waals surface area contributed by atoms with E-state index in [0.29, 0.717) is 22.3 Å². The Hall–Kier alpha value is -4.44. The normalized spacial score (nSPS) is 11.6. The molecule has 0 saturated heterocycles. The first-order valence-corrected chi connectivity index (χ1v) is 12.8. The number of nitrogens with zero attached hydrogens (tertiary/aromatic N) is 3. The zero-order valence-corrected chi connectivity index (χ0v) is 20.2. The van der Waals surface area contributed by atoms with Crippen LogP contribution in [0, 0.1) is 28.7 Å². The molecule has 5 aromatic rings. The molecule has 186 valence electrons. The summed E-state index contributed by atoms with van der Waals surface area (Å²) in [6, 6.07) is 19.0. The van der Waals surface area contributed by atoms with Crippen LogP contribution in [0.5, 0.6) is 0 Å². The average Bonchev–Trinajstić information content (AvgIpc) is 3.22. The van der Waals surface area contributed by atoms with E-state index in [2.05, 4.69) is 4.98 Å². The van der Waals surface area contributed by atoms with E-state index in [1.165, 1.54) is 71.3 Å². The molecular formula is C27H19F2N3O4S. The van der Waals surface area contributed by atoms with Gasteiger partial charge in [-0.1, -0.05) is 42.0 Å². The second-order valence-corrected chi connectivity index (χ2v) is 10.6. The van der Waals surface area contributed by atoms with Gasteiger partial charge in [0.15, 0.2) is 15.5 Å². The highest BCUT2D eigenvalue weighted by molar-refractivity contribution is 7.90. The Morgan fingerprint density at radius 3 is 2.00 bits per heavy atom. The van der Waals surface area contributed by atoms with Crippen LogP contribution in [0.15, 0.2) is 90.0 Å². The average molecular weight is 520 g/mol. The fraction of sp³-hybridized carbons (Fsp3) is 0.0741. The summed E-state index contributed by atoms with van der Waals surface area (Å²) in [7, 11) is -3.96. The van der Waals surface area contributed by atoms with Gasteiger partial charge in [-0.3, -0.25) is 0 Å². The van der Waals surface area contributed by atoms with Gasteiger partial charge in [0, 0.05) is 11.1 Å². The van der Waals surface area contributed by atoms with Crippen LogP contribution in [-0.4, -0.2) is 22.7 Å². The summed E-state index contributed by atoms with van der Waals surface area (Å²) < 4.78 is 54.6. The Morgan fingerprint density at radius 1 is 0.865 bits per heavy atom. The van der Waals surface area contributed by atoms with Gasteiger partial charge >= 0.3 is 5.82 Å². The van der Waals surface area contributed by atoms with E-state index in [0.717, 1.165) is 5.56 Å². The van der Waals surface area contributed by atoms with E-state index in [9.17, 15) is 27.3 Å². The lowest BCUT2D eigenvalue weighted by molar-refractivity contribution is -0.391. The molecular weight excluding hydrogens is 500 g/mol. The van der Waals surface area contributed by atoms with Gasteiger partial charge in [0.1, 0.15) is 23.6 Å². The van der Waals surface area contributed by atoms with Crippen LogP contribution in [0.25, 0.3) is 27.9 Å². The largest absolute Gasteiger partial charge is 0.358 e. The highest BCUT2D eigenvalue weighted by Gasteiger charge is 2.30. The number of aromatic nitrogens is 2. The first kappa shape index (κ1) is 24.3. The topological polar surface area (TPSA) is 94.6 Å². The molecule has 0 saturated carbocycles. The molecule has 0 spiro atoms. The predicted molar refractivity (Wildman–Crippen MR) is 135 cm³/mol. The molecule has 3 aromatic carbocycles. The van der Waals surface area contributed by atoms with Gasteiger partial charge in [-0.15, -0.1) is 0 Å². The molecule has 2 aromatic heterocycles. The van der Waals surface area contributed by atoms with Crippen molar-refractivity contribution in [1.29, 1.82) is 0 Å². The number of halogens is 2. The van der Waals surface area contributed by atoms with Gasteiger partial charge in [0.2, 0.25) is 5.65 Å². The molecule has 0 fully saturated rings. The number of benzene rings is 3. The number of hydrogen-bond donors (Lipinski definition) is 0. The molecule has 5 rings (SSSR count). The Bertz CT molecular complexity index is 1750. The van der Waals surface area contributed by atoms with Crippen molar-refractivity contribution in [2.75, 3.05) is 0 Å². The minimum Gasteiger partial charge on any atom is -0.358 e. The van der Waals surface area contributed by atoms with Crippen molar-refractivity contribution in [3.8, 4) is 22.3 Å². The third-order valence-electron chi connectivity index (χ3n) is 5.98. The van der Waals surface area contributed by atoms with Gasteiger partial charge in [-0.05, 0) is 65.4 Å². The first-order valence-electron chi connectivity index (χ1n) is 11.1. The molecule has 10 heteroatoms. The molecule has 0 N–H and O–H groups in total. The van der Waals surface area contributed by atoms with Crippen LogP contribution >= 0.6 is 0 Å². The Kier molecular flexibility index (Phi) is 6.04. The number of pyridine rings is 1. The van der Waals surface area contributed by atoms with Crippen molar-refractivity contribution < 1.29 is 22.1 Å². The third kappa shape index (κ3) is 4.70. The fourth-order valence-electron chi connectivity index (χ4n) is 4.12. The number of fused-ring (bicyclic) bond motifs is 1. The van der Waals surface area contributed by atoms with Gasteiger partial charge in [-0.2, -0.15) is 4.40 Å². The Balaban J connectivity index is 1.75. The maximum atomic E-state index is 13.6. The monoisotopic (exact) mass is 519 g/mol. The van der Waals surface area contributed by atoms with E-state index in [1.807, 2.05) is 6.92 Å². The van der Waals surface area contributed by atoms with Crippen LogP contribution in [0.2, 0.25) is 0 Å². The molecule has 0 aliphatic carbocycles. The van der Waals surface area contributed by atoms with E-state index in [1.54, 1.807) is 18.2 Å². The lowest BCUT2D eigenvalue weighted by Crippen LogP contribution is -2.07. The maximum absolute atomic E-state index is 13.6. The van der Waals surface area contributed by atoms with Crippen molar-refractivity contribution in [3.63, 3.8) is 0 Å². The summed E-state index contributed by atoms with van der Waals surface area (Å²) in [5, 5.41) is 12.2. The minimum atomic E-state index is -3.96. The predicted octanol–water partition coefficient (Wildman–Crippen LogP) is 6.14. The zero-order valence-electron chi connectivity index (χ0n) is 19.4. The molecule has 7 nitrogen and oxygen atoms in total. The van der Waals surface area contributed by atoms with Crippen molar-refractivity contribution in [2.45, 2.75) is 17.6 Å². The van der Waals surface area contributed by atoms with Gasteiger partial charge < -0.3 is 10.1 Å². The van der Waals surface area contributed by atoms with E-state index in [4.69, 9.17) is 0 Å². The molecule has 2 heterocycles. The molecule has 0 aliphatic rings. The lowest BCUT2D eigenvalue weighted by atomic mass is 10.0. The van der Waals surface area contributed by atoms with Crippen LogP contribution in [-0.2, 0) is 15.6 Å². The summed E-state index contributed by atoms with van der Waals surface area (Å²) in [6.45, 7) is 1.82. The smallest absolute Gasteiger partial charge is 0.352 e. The van der Waals surface area contributed by atoms with Crippen molar-refractivity contribution in [1.82, 2.24) is 9.38 Å². The third-order valence-corrected chi connectivity index (χ3v) is 7.62. The van der Waals surface area contributed by atoms with Crippen LogP contribution in [0.3, 0.4) is 0 Å². The summed E-state index contributed by atoms with van der Waals surface area (Å²) >= 11 is 0. The summed E-state index contributed by atoms with van der Waals surface area (Å²) in [5.74, 6) is -2.10. The van der Waals surface area contributed by atoms with Crippen molar-refractivity contribution >= 4 is 21.3 Å². The second kappa shape index (κ2) is 9.21. The van der Waals surface area contributed by atoms with E-state index >= 15 is 0 Å². The second-order valence-electron chi connectivity index (χ2n) is 8.56. The minimum absolute atomic E-state index is 0.0233. The Morgan fingerprint density at radius 2 is 1.43 bits per heavy atom. The summed E-state index contributed by atoms with van der Waals surface area (Å²) in [4.78, 5) is 15.9. The standard InChI is InChI=1S/C27H19F2N3O4S/c1-17-2-12-23(13-3-17)37(35,36)16-25-27(32(33)34)31-15-20(18-4-8-21(28)9-5-18)14-24(26(31)30-25)19-6-10-22(29)11-7-19/h2-15H,16H2,1H3. The maximum Gasteiger partial charge on any atom is 0.352 e. The SMILES string of the molecule is Cc1ccc(S(=O)(=O)Cc2nc3c(-c4ccc(F)cc4)cc(-c4ccc(F)cc4)cn3c2[N+](=O)[O-])cc1. The summed E-state index contributed by atoms with van der Waals surface area (Å²) in [5.41, 5.74) is 2.79. The van der Waals surface area contributed by atoms with Gasteiger partial charge in [0.05, 0.1) is 4.90 Å².